The van der Waals surface area contributed by atoms with Gasteiger partial charge in [0.1, 0.15) is 0 Å². The first kappa shape index (κ1) is 14.5. The third-order valence-electron chi connectivity index (χ3n) is 3.74. The van der Waals surface area contributed by atoms with Gasteiger partial charge in [-0.05, 0) is 50.4 Å². The quantitative estimate of drug-likeness (QED) is 0.877. The molecule has 1 aromatic carbocycles. The number of nitrogens with zero attached hydrogens (tertiary/aromatic N) is 1. The zero-order valence-electron chi connectivity index (χ0n) is 11.4. The summed E-state index contributed by atoms with van der Waals surface area (Å²) in [5, 5.41) is 9.00. The Bertz CT molecular complexity index is 500. The first-order valence-electron chi connectivity index (χ1n) is 6.98. The molecule has 1 aromatic rings. The van der Waals surface area contributed by atoms with Crippen LogP contribution in [0.4, 0.5) is 0 Å². The highest BCUT2D eigenvalue weighted by atomic mass is 16.4. The Labute approximate surface area is 118 Å². The van der Waals surface area contributed by atoms with E-state index in [2.05, 4.69) is 0 Å². The van der Waals surface area contributed by atoms with Crippen molar-refractivity contribution in [3.63, 3.8) is 0 Å². The zero-order valence-corrected chi connectivity index (χ0v) is 11.4. The van der Waals surface area contributed by atoms with Gasteiger partial charge in [0.15, 0.2) is 0 Å². The summed E-state index contributed by atoms with van der Waals surface area (Å²) in [6.07, 6.45) is 3.88. The van der Waals surface area contributed by atoms with Crippen LogP contribution in [0, 0.1) is 0 Å². The third kappa shape index (κ3) is 3.17. The molecule has 3 N–H and O–H groups in total. The van der Waals surface area contributed by atoms with Crippen LogP contribution in [-0.2, 0) is 0 Å². The molecule has 1 unspecified atom stereocenters. The van der Waals surface area contributed by atoms with Crippen molar-refractivity contribution in [2.24, 2.45) is 5.73 Å². The number of hydrogen-bond donors (Lipinski definition) is 2. The number of amides is 1. The Balaban J connectivity index is 2.20. The van der Waals surface area contributed by atoms with Crippen LogP contribution < -0.4 is 5.73 Å². The second kappa shape index (κ2) is 6.52. The zero-order chi connectivity index (χ0) is 14.5. The molecule has 0 saturated carbocycles. The monoisotopic (exact) mass is 276 g/mol. The molecule has 1 aliphatic rings. The smallest absolute Gasteiger partial charge is 0.335 e. The molecular weight excluding hydrogens is 256 g/mol. The fourth-order valence-corrected chi connectivity index (χ4v) is 2.71. The molecule has 1 aliphatic heterocycles. The van der Waals surface area contributed by atoms with Gasteiger partial charge in [0.05, 0.1) is 5.56 Å². The standard InChI is InChI=1S/C15H20N2O3/c16-8-7-13-6-1-2-9-17(13)14(18)11-4-3-5-12(10-11)15(19)20/h3-5,10,13H,1-2,6-9,16H2,(H,19,20). The Morgan fingerprint density at radius 2 is 2.05 bits per heavy atom. The molecule has 0 aliphatic carbocycles. The molecule has 1 atom stereocenters. The number of carbonyl (C=O) groups is 2. The van der Waals surface area contributed by atoms with E-state index >= 15 is 0 Å². The van der Waals surface area contributed by atoms with E-state index in [-0.39, 0.29) is 17.5 Å². The molecule has 0 spiro atoms. The van der Waals surface area contributed by atoms with Crippen LogP contribution >= 0.6 is 0 Å². The number of hydrogen-bond acceptors (Lipinski definition) is 3. The topological polar surface area (TPSA) is 83.6 Å². The van der Waals surface area contributed by atoms with E-state index in [0.29, 0.717) is 12.1 Å². The normalized spacial score (nSPS) is 18.9. The number of carboxylic acid groups (broad SMARTS) is 1. The van der Waals surface area contributed by atoms with Gasteiger partial charge in [-0.1, -0.05) is 6.07 Å². The summed E-state index contributed by atoms with van der Waals surface area (Å²) in [5.74, 6) is -1.11. The molecule has 5 heteroatoms. The van der Waals surface area contributed by atoms with Gasteiger partial charge in [-0.2, -0.15) is 0 Å². The molecule has 0 aromatic heterocycles. The van der Waals surface area contributed by atoms with Gasteiger partial charge in [0.25, 0.3) is 5.91 Å². The lowest BCUT2D eigenvalue weighted by Crippen LogP contribution is -2.44. The maximum Gasteiger partial charge on any atom is 0.335 e. The van der Waals surface area contributed by atoms with Crippen molar-refractivity contribution in [2.45, 2.75) is 31.7 Å². The van der Waals surface area contributed by atoms with Crippen molar-refractivity contribution in [2.75, 3.05) is 13.1 Å². The van der Waals surface area contributed by atoms with E-state index in [1.54, 1.807) is 12.1 Å². The number of benzene rings is 1. The molecule has 108 valence electrons. The Morgan fingerprint density at radius 1 is 1.30 bits per heavy atom. The van der Waals surface area contributed by atoms with Crippen LogP contribution in [0.5, 0.6) is 0 Å². The van der Waals surface area contributed by atoms with Crippen molar-refractivity contribution < 1.29 is 14.7 Å². The molecule has 1 heterocycles. The van der Waals surface area contributed by atoms with Crippen molar-refractivity contribution >= 4 is 11.9 Å². The highest BCUT2D eigenvalue weighted by molar-refractivity contribution is 5.97. The molecule has 5 nitrogen and oxygen atoms in total. The Kier molecular flexibility index (Phi) is 4.74. The van der Waals surface area contributed by atoms with Crippen LogP contribution in [0.15, 0.2) is 24.3 Å². The SMILES string of the molecule is NCCC1CCCCN1C(=O)c1cccc(C(=O)O)c1. The molecule has 0 bridgehead atoms. The van der Waals surface area contributed by atoms with Gasteiger partial charge in [-0.15, -0.1) is 0 Å². The predicted molar refractivity (Wildman–Crippen MR) is 75.7 cm³/mol. The van der Waals surface area contributed by atoms with Crippen LogP contribution in [0.2, 0.25) is 0 Å². The number of aromatic carboxylic acids is 1. The molecule has 1 amide bonds. The second-order valence-electron chi connectivity index (χ2n) is 5.11. The summed E-state index contributed by atoms with van der Waals surface area (Å²) in [5.41, 5.74) is 6.19. The first-order chi connectivity index (χ1) is 9.63. The second-order valence-corrected chi connectivity index (χ2v) is 5.11. The summed E-state index contributed by atoms with van der Waals surface area (Å²) in [6.45, 7) is 1.28. The molecule has 2 rings (SSSR count). The lowest BCUT2D eigenvalue weighted by Gasteiger charge is -2.35. The van der Waals surface area contributed by atoms with Crippen LogP contribution in [0.3, 0.4) is 0 Å². The lowest BCUT2D eigenvalue weighted by molar-refractivity contribution is 0.0605. The highest BCUT2D eigenvalue weighted by Crippen LogP contribution is 2.22. The van der Waals surface area contributed by atoms with Crippen LogP contribution in [0.1, 0.15) is 46.4 Å². The van der Waals surface area contributed by atoms with Crippen molar-refractivity contribution in [1.82, 2.24) is 4.90 Å². The van der Waals surface area contributed by atoms with Crippen molar-refractivity contribution in [1.29, 1.82) is 0 Å². The fraction of sp³-hybridized carbons (Fsp3) is 0.467. The Hall–Kier alpha value is -1.88. The number of carbonyl (C=O) groups excluding carboxylic acids is 1. The van der Waals surface area contributed by atoms with Gasteiger partial charge in [0, 0.05) is 18.2 Å². The number of rotatable bonds is 4. The average Bonchev–Trinajstić information content (AvgIpc) is 2.47. The highest BCUT2D eigenvalue weighted by Gasteiger charge is 2.27. The number of nitrogens with two attached hydrogens (primary N) is 1. The summed E-state index contributed by atoms with van der Waals surface area (Å²) >= 11 is 0. The molecule has 1 fully saturated rings. The summed E-state index contributed by atoms with van der Waals surface area (Å²) in [7, 11) is 0. The predicted octanol–water partition coefficient (Wildman–Crippen LogP) is 1.73. The summed E-state index contributed by atoms with van der Waals surface area (Å²) < 4.78 is 0. The van der Waals surface area contributed by atoms with E-state index in [4.69, 9.17) is 10.8 Å². The van der Waals surface area contributed by atoms with Gasteiger partial charge in [0.2, 0.25) is 0 Å². The third-order valence-corrected chi connectivity index (χ3v) is 3.74. The fourth-order valence-electron chi connectivity index (χ4n) is 2.71. The van der Waals surface area contributed by atoms with Crippen LogP contribution in [0.25, 0.3) is 0 Å². The van der Waals surface area contributed by atoms with Crippen LogP contribution in [-0.4, -0.2) is 41.0 Å². The van der Waals surface area contributed by atoms with E-state index in [0.717, 1.165) is 32.2 Å². The van der Waals surface area contributed by atoms with Gasteiger partial charge in [-0.3, -0.25) is 4.79 Å². The molecular formula is C15H20N2O3. The van der Waals surface area contributed by atoms with E-state index in [1.165, 1.54) is 12.1 Å². The maximum atomic E-state index is 12.6. The molecule has 0 radical (unpaired) electrons. The summed E-state index contributed by atoms with van der Waals surface area (Å²) in [4.78, 5) is 25.4. The molecule has 20 heavy (non-hydrogen) atoms. The maximum absolute atomic E-state index is 12.6. The summed E-state index contributed by atoms with van der Waals surface area (Å²) in [6, 6.07) is 6.39. The minimum Gasteiger partial charge on any atom is -0.478 e. The minimum absolute atomic E-state index is 0.0914. The average molecular weight is 276 g/mol. The van der Waals surface area contributed by atoms with Gasteiger partial charge >= 0.3 is 5.97 Å². The van der Waals surface area contributed by atoms with Crippen molar-refractivity contribution in [3.8, 4) is 0 Å². The van der Waals surface area contributed by atoms with Gasteiger partial charge in [-0.25, -0.2) is 4.79 Å². The number of likely N-dealkylation sites (tertiary alicyclic amines) is 1. The Morgan fingerprint density at radius 3 is 2.75 bits per heavy atom. The minimum atomic E-state index is -1.02. The van der Waals surface area contributed by atoms with Gasteiger partial charge < -0.3 is 15.7 Å². The molecule has 1 saturated heterocycles. The van der Waals surface area contributed by atoms with Crippen molar-refractivity contribution in [3.05, 3.63) is 35.4 Å². The lowest BCUT2D eigenvalue weighted by atomic mass is 9.98. The number of piperidine rings is 1. The number of carboxylic acids is 1. The van der Waals surface area contributed by atoms with E-state index in [9.17, 15) is 9.59 Å². The van der Waals surface area contributed by atoms with E-state index in [1.807, 2.05) is 4.90 Å². The first-order valence-corrected chi connectivity index (χ1v) is 6.98. The van der Waals surface area contributed by atoms with E-state index < -0.39 is 5.97 Å². The largest absolute Gasteiger partial charge is 0.478 e.